The van der Waals surface area contributed by atoms with Gasteiger partial charge in [0.25, 0.3) is 0 Å². The zero-order valence-electron chi connectivity index (χ0n) is 11.1. The number of rotatable bonds is 4. The number of aryl methyl sites for hydroxylation is 1. The lowest BCUT2D eigenvalue weighted by atomic mass is 10.1. The van der Waals surface area contributed by atoms with Gasteiger partial charge < -0.3 is 0 Å². The van der Waals surface area contributed by atoms with Crippen LogP contribution in [0.15, 0.2) is 42.0 Å². The molecule has 3 nitrogen and oxygen atoms in total. The van der Waals surface area contributed by atoms with Gasteiger partial charge in [-0.1, -0.05) is 18.2 Å². The van der Waals surface area contributed by atoms with Crippen molar-refractivity contribution in [3.8, 4) is 10.6 Å². The van der Waals surface area contributed by atoms with Crippen molar-refractivity contribution in [3.63, 3.8) is 0 Å². The van der Waals surface area contributed by atoms with E-state index < -0.39 is 0 Å². The standard InChI is InChI=1S/C15H14ClN3S/c1-11-7-17-19(8-11)9-12-3-2-4-13(5-12)15-18-14(6-16)10-20-15/h2-5,7-8,10H,6,9H2,1H3. The van der Waals surface area contributed by atoms with Crippen LogP contribution in [-0.2, 0) is 12.4 Å². The van der Waals surface area contributed by atoms with Gasteiger partial charge in [0, 0.05) is 17.1 Å². The molecule has 0 amide bonds. The third-order valence-corrected chi connectivity index (χ3v) is 4.18. The van der Waals surface area contributed by atoms with E-state index >= 15 is 0 Å². The number of aromatic nitrogens is 3. The monoisotopic (exact) mass is 303 g/mol. The summed E-state index contributed by atoms with van der Waals surface area (Å²) in [4.78, 5) is 4.52. The topological polar surface area (TPSA) is 30.7 Å². The highest BCUT2D eigenvalue weighted by Crippen LogP contribution is 2.25. The van der Waals surface area contributed by atoms with Crippen LogP contribution in [0.2, 0.25) is 0 Å². The molecule has 0 atom stereocenters. The second kappa shape index (κ2) is 5.77. The molecule has 3 aromatic rings. The van der Waals surface area contributed by atoms with Crippen molar-refractivity contribution >= 4 is 22.9 Å². The maximum absolute atomic E-state index is 5.80. The molecule has 3 rings (SSSR count). The van der Waals surface area contributed by atoms with Crippen molar-refractivity contribution in [3.05, 3.63) is 58.9 Å². The Morgan fingerprint density at radius 2 is 2.25 bits per heavy atom. The quantitative estimate of drug-likeness (QED) is 0.679. The van der Waals surface area contributed by atoms with Gasteiger partial charge in [0.15, 0.2) is 0 Å². The largest absolute Gasteiger partial charge is 0.268 e. The van der Waals surface area contributed by atoms with E-state index in [1.807, 2.05) is 29.4 Å². The fourth-order valence-corrected chi connectivity index (χ4v) is 3.09. The minimum Gasteiger partial charge on any atom is -0.268 e. The molecule has 2 heterocycles. The van der Waals surface area contributed by atoms with Crippen molar-refractivity contribution in [1.29, 1.82) is 0 Å². The Balaban J connectivity index is 1.85. The van der Waals surface area contributed by atoms with E-state index in [0.29, 0.717) is 5.88 Å². The smallest absolute Gasteiger partial charge is 0.123 e. The van der Waals surface area contributed by atoms with Gasteiger partial charge in [-0.25, -0.2) is 4.98 Å². The maximum atomic E-state index is 5.80. The molecule has 0 aliphatic rings. The van der Waals surface area contributed by atoms with E-state index in [9.17, 15) is 0 Å². The summed E-state index contributed by atoms with van der Waals surface area (Å²) < 4.78 is 1.94. The predicted octanol–water partition coefficient (Wildman–Crippen LogP) is 4.10. The number of alkyl halides is 1. The Morgan fingerprint density at radius 3 is 2.95 bits per heavy atom. The average Bonchev–Trinajstić information content (AvgIpc) is 3.08. The maximum Gasteiger partial charge on any atom is 0.123 e. The lowest BCUT2D eigenvalue weighted by molar-refractivity contribution is 0.686. The Bertz CT molecular complexity index is 717. The Kier molecular flexibility index (Phi) is 3.85. The number of hydrogen-bond donors (Lipinski definition) is 0. The third-order valence-electron chi connectivity index (χ3n) is 2.97. The number of nitrogens with zero attached hydrogens (tertiary/aromatic N) is 3. The van der Waals surface area contributed by atoms with E-state index in [0.717, 1.165) is 22.8 Å². The molecule has 0 spiro atoms. The van der Waals surface area contributed by atoms with Gasteiger partial charge in [-0.2, -0.15) is 5.10 Å². The highest BCUT2D eigenvalue weighted by atomic mass is 35.5. The molecule has 0 aliphatic carbocycles. The summed E-state index contributed by atoms with van der Waals surface area (Å²) >= 11 is 7.43. The first kappa shape index (κ1) is 13.3. The molecule has 0 fully saturated rings. The van der Waals surface area contributed by atoms with Crippen LogP contribution in [0.4, 0.5) is 0 Å². The second-order valence-corrected chi connectivity index (χ2v) is 5.82. The third kappa shape index (κ3) is 2.92. The molecule has 0 aliphatic heterocycles. The average molecular weight is 304 g/mol. The SMILES string of the molecule is Cc1cnn(Cc2cccc(-c3nc(CCl)cs3)c2)c1. The normalized spacial score (nSPS) is 10.9. The summed E-state index contributed by atoms with van der Waals surface area (Å²) in [5.74, 6) is 0.461. The molecule has 0 saturated carbocycles. The van der Waals surface area contributed by atoms with Gasteiger partial charge in [-0.15, -0.1) is 22.9 Å². The lowest BCUT2D eigenvalue weighted by Crippen LogP contribution is -1.99. The molecule has 0 bridgehead atoms. The van der Waals surface area contributed by atoms with Crippen LogP contribution in [0.25, 0.3) is 10.6 Å². The summed E-state index contributed by atoms with van der Waals surface area (Å²) in [6.45, 7) is 2.82. The Labute approximate surface area is 126 Å². The number of halogens is 1. The van der Waals surface area contributed by atoms with Crippen molar-refractivity contribution in [2.24, 2.45) is 0 Å². The van der Waals surface area contributed by atoms with Gasteiger partial charge >= 0.3 is 0 Å². The minimum absolute atomic E-state index is 0.461. The Hall–Kier alpha value is -1.65. The minimum atomic E-state index is 0.461. The molecule has 5 heteroatoms. The van der Waals surface area contributed by atoms with Crippen molar-refractivity contribution < 1.29 is 0 Å². The number of hydrogen-bond acceptors (Lipinski definition) is 3. The highest BCUT2D eigenvalue weighted by molar-refractivity contribution is 7.13. The fraction of sp³-hybridized carbons (Fsp3) is 0.200. The van der Waals surface area contributed by atoms with Gasteiger partial charge in [-0.3, -0.25) is 4.68 Å². The van der Waals surface area contributed by atoms with E-state index in [-0.39, 0.29) is 0 Å². The first-order valence-electron chi connectivity index (χ1n) is 6.33. The first-order chi connectivity index (χ1) is 9.74. The van der Waals surface area contributed by atoms with Crippen molar-refractivity contribution in [1.82, 2.24) is 14.8 Å². The van der Waals surface area contributed by atoms with E-state index in [4.69, 9.17) is 11.6 Å². The van der Waals surface area contributed by atoms with Crippen molar-refractivity contribution in [2.45, 2.75) is 19.3 Å². The zero-order valence-corrected chi connectivity index (χ0v) is 12.7. The first-order valence-corrected chi connectivity index (χ1v) is 7.75. The lowest BCUT2D eigenvalue weighted by Gasteiger charge is -2.04. The molecule has 2 aromatic heterocycles. The van der Waals surface area contributed by atoms with Crippen LogP contribution in [0.5, 0.6) is 0 Å². The van der Waals surface area contributed by atoms with Crippen LogP contribution >= 0.6 is 22.9 Å². The summed E-state index contributed by atoms with van der Waals surface area (Å²) in [5.41, 5.74) is 4.45. The van der Waals surface area contributed by atoms with Gasteiger partial charge in [-0.05, 0) is 24.1 Å². The van der Waals surface area contributed by atoms with Gasteiger partial charge in [0.1, 0.15) is 5.01 Å². The van der Waals surface area contributed by atoms with Crippen molar-refractivity contribution in [2.75, 3.05) is 0 Å². The van der Waals surface area contributed by atoms with Gasteiger partial charge in [0.2, 0.25) is 0 Å². The molecular weight excluding hydrogens is 290 g/mol. The van der Waals surface area contributed by atoms with Crippen LogP contribution in [0.1, 0.15) is 16.8 Å². The van der Waals surface area contributed by atoms with E-state index in [1.165, 1.54) is 11.1 Å². The molecule has 102 valence electrons. The molecule has 0 saturated heterocycles. The summed E-state index contributed by atoms with van der Waals surface area (Å²) in [6.07, 6.45) is 3.92. The molecule has 0 N–H and O–H groups in total. The zero-order chi connectivity index (χ0) is 13.9. The van der Waals surface area contributed by atoms with Crippen LogP contribution in [0.3, 0.4) is 0 Å². The van der Waals surface area contributed by atoms with Crippen LogP contribution < -0.4 is 0 Å². The van der Waals surface area contributed by atoms with E-state index in [1.54, 1.807) is 11.3 Å². The summed E-state index contributed by atoms with van der Waals surface area (Å²) in [6, 6.07) is 8.40. The molecule has 20 heavy (non-hydrogen) atoms. The fourth-order valence-electron chi connectivity index (χ4n) is 2.04. The molecular formula is C15H14ClN3S. The van der Waals surface area contributed by atoms with Crippen LogP contribution in [0, 0.1) is 6.92 Å². The number of benzene rings is 1. The number of thiazole rings is 1. The highest BCUT2D eigenvalue weighted by Gasteiger charge is 2.05. The van der Waals surface area contributed by atoms with Crippen LogP contribution in [-0.4, -0.2) is 14.8 Å². The molecule has 1 aromatic carbocycles. The Morgan fingerprint density at radius 1 is 1.35 bits per heavy atom. The molecule has 0 radical (unpaired) electrons. The van der Waals surface area contributed by atoms with E-state index in [2.05, 4.69) is 34.3 Å². The second-order valence-electron chi connectivity index (χ2n) is 4.69. The summed E-state index contributed by atoms with van der Waals surface area (Å²) in [5, 5.41) is 7.34. The van der Waals surface area contributed by atoms with Gasteiger partial charge in [0.05, 0.1) is 24.3 Å². The molecule has 0 unspecified atom stereocenters. The summed E-state index contributed by atoms with van der Waals surface area (Å²) in [7, 11) is 0. The predicted molar refractivity (Wildman–Crippen MR) is 83.2 cm³/mol.